The van der Waals surface area contributed by atoms with Crippen LogP contribution in [0.5, 0.6) is 0 Å². The fourth-order valence-electron chi connectivity index (χ4n) is 1.72. The van der Waals surface area contributed by atoms with Gasteiger partial charge in [0, 0.05) is 18.7 Å². The molecule has 0 aliphatic carbocycles. The molecule has 117 valence electrons. The van der Waals surface area contributed by atoms with Crippen molar-refractivity contribution in [1.29, 1.82) is 0 Å². The van der Waals surface area contributed by atoms with E-state index in [0.29, 0.717) is 17.0 Å². The van der Waals surface area contributed by atoms with E-state index in [2.05, 4.69) is 16.0 Å². The number of sulfonamides is 1. The van der Waals surface area contributed by atoms with E-state index in [9.17, 15) is 12.8 Å². The molecule has 1 aromatic heterocycles. The molecule has 0 aliphatic rings. The fourth-order valence-corrected chi connectivity index (χ4v) is 2.10. The summed E-state index contributed by atoms with van der Waals surface area (Å²) in [4.78, 5) is 8.49. The van der Waals surface area contributed by atoms with E-state index in [1.165, 1.54) is 19.2 Å². The summed E-state index contributed by atoms with van der Waals surface area (Å²) in [6, 6.07) is 8.84. The van der Waals surface area contributed by atoms with Crippen LogP contribution in [0.25, 0.3) is 11.3 Å². The Hall–Kier alpha value is -2.02. The molecule has 0 saturated heterocycles. The predicted molar refractivity (Wildman–Crippen MR) is 83.6 cm³/mol. The largest absolute Gasteiger partial charge is 0.241 e. The summed E-state index contributed by atoms with van der Waals surface area (Å²) in [7, 11) is -2.08. The zero-order valence-corrected chi connectivity index (χ0v) is 13.6. The fraction of sp³-hybridized carbons (Fsp3) is 0.333. The van der Waals surface area contributed by atoms with Gasteiger partial charge < -0.3 is 0 Å². The number of benzene rings is 1. The molecule has 0 unspecified atom stereocenters. The second-order valence-electron chi connectivity index (χ2n) is 5.27. The number of halogens is 1. The van der Waals surface area contributed by atoms with Crippen molar-refractivity contribution in [2.24, 2.45) is 0 Å². The molecule has 22 heavy (non-hydrogen) atoms. The Morgan fingerprint density at radius 2 is 1.77 bits per heavy atom. The topological polar surface area (TPSA) is 63.2 Å². The summed E-state index contributed by atoms with van der Waals surface area (Å²) in [6.45, 7) is 3.86. The van der Waals surface area contributed by atoms with Gasteiger partial charge in [0.05, 0.1) is 17.6 Å². The molecule has 0 N–H and O–H groups in total. The molecule has 0 fully saturated rings. The summed E-state index contributed by atoms with van der Waals surface area (Å²) in [5.74, 6) is -0.228. The number of anilines is 1. The van der Waals surface area contributed by atoms with Gasteiger partial charge in [-0.2, -0.15) is 0 Å². The Kier molecular flexibility index (Phi) is 4.46. The van der Waals surface area contributed by atoms with E-state index in [4.69, 9.17) is 0 Å². The summed E-state index contributed by atoms with van der Waals surface area (Å²) >= 11 is 0. The molecule has 0 atom stereocenters. The molecule has 0 bridgehead atoms. The zero-order valence-electron chi connectivity index (χ0n) is 12.8. The first-order valence-electron chi connectivity index (χ1n) is 6.69. The summed E-state index contributed by atoms with van der Waals surface area (Å²) in [5, 5.41) is 0. The minimum Gasteiger partial charge on any atom is -0.241 e. The Bertz CT molecular complexity index is 774. The lowest BCUT2D eigenvalue weighted by molar-refractivity contribution is 0.599. The van der Waals surface area contributed by atoms with E-state index in [1.807, 2.05) is 13.8 Å². The van der Waals surface area contributed by atoms with Gasteiger partial charge in [-0.1, -0.05) is 13.8 Å². The average Bonchev–Trinajstić information content (AvgIpc) is 2.45. The molecule has 2 rings (SSSR count). The van der Waals surface area contributed by atoms with Crippen LogP contribution in [0.15, 0.2) is 24.3 Å². The molecule has 1 heterocycles. The summed E-state index contributed by atoms with van der Waals surface area (Å²) < 4.78 is 37.4. The molecule has 0 aliphatic heterocycles. The Balaban J connectivity index is 2.59. The van der Waals surface area contributed by atoms with Crippen molar-refractivity contribution in [1.82, 2.24) is 9.97 Å². The number of nitrogens with zero attached hydrogens (tertiary/aromatic N) is 3. The second kappa shape index (κ2) is 6.00. The van der Waals surface area contributed by atoms with E-state index in [1.54, 1.807) is 12.1 Å². The first-order chi connectivity index (χ1) is 10.2. The molecule has 0 spiro atoms. The van der Waals surface area contributed by atoms with Crippen LogP contribution in [0.4, 0.5) is 10.3 Å². The predicted octanol–water partition coefficient (Wildman–Crippen LogP) is 2.60. The molecule has 1 aromatic carbocycles. The molecular formula is C15H17FN3O2S. The van der Waals surface area contributed by atoms with Crippen molar-refractivity contribution in [3.63, 3.8) is 0 Å². The number of rotatable bonds is 4. The van der Waals surface area contributed by atoms with Gasteiger partial charge in [0.25, 0.3) is 0 Å². The van der Waals surface area contributed by atoms with Crippen LogP contribution < -0.4 is 4.31 Å². The highest BCUT2D eigenvalue weighted by molar-refractivity contribution is 7.92. The number of aromatic nitrogens is 2. The lowest BCUT2D eigenvalue weighted by Crippen LogP contribution is -2.27. The first kappa shape index (κ1) is 16.4. The molecule has 0 saturated carbocycles. The van der Waals surface area contributed by atoms with Crippen LogP contribution >= 0.6 is 0 Å². The third kappa shape index (κ3) is 3.59. The highest BCUT2D eigenvalue weighted by Crippen LogP contribution is 2.24. The van der Waals surface area contributed by atoms with Gasteiger partial charge in [-0.3, -0.25) is 0 Å². The number of hydrogen-bond donors (Lipinski definition) is 0. The molecule has 1 radical (unpaired) electrons. The lowest BCUT2D eigenvalue weighted by Gasteiger charge is -2.17. The summed E-state index contributed by atoms with van der Waals surface area (Å²) in [5.41, 5.74) is 1.68. The zero-order chi connectivity index (χ0) is 16.5. The lowest BCUT2D eigenvalue weighted by atomic mass is 10.1. The highest BCUT2D eigenvalue weighted by atomic mass is 32.2. The van der Waals surface area contributed by atoms with Gasteiger partial charge in [0.15, 0.2) is 0 Å². The SMILES string of the molecule is CC(C)c1[c]c(-c2ccc(F)cc2)nc(N(C)S(C)(=O)=O)n1. The van der Waals surface area contributed by atoms with Gasteiger partial charge in [-0.05, 0) is 30.2 Å². The van der Waals surface area contributed by atoms with Crippen molar-refractivity contribution < 1.29 is 12.8 Å². The van der Waals surface area contributed by atoms with Crippen LogP contribution in [0.2, 0.25) is 0 Å². The van der Waals surface area contributed by atoms with Gasteiger partial charge >= 0.3 is 0 Å². The monoisotopic (exact) mass is 322 g/mol. The van der Waals surface area contributed by atoms with Gasteiger partial charge in [0.1, 0.15) is 5.82 Å². The van der Waals surface area contributed by atoms with Crippen LogP contribution in [0.3, 0.4) is 0 Å². The molecule has 7 heteroatoms. The molecular weight excluding hydrogens is 305 g/mol. The smallest absolute Gasteiger partial charge is 0.239 e. The maximum absolute atomic E-state index is 13.0. The van der Waals surface area contributed by atoms with Crippen molar-refractivity contribution in [2.45, 2.75) is 19.8 Å². The highest BCUT2D eigenvalue weighted by Gasteiger charge is 2.18. The van der Waals surface area contributed by atoms with E-state index < -0.39 is 10.0 Å². The van der Waals surface area contributed by atoms with E-state index in [0.717, 1.165) is 10.6 Å². The minimum absolute atomic E-state index is 0.0499. The molecule has 0 amide bonds. The summed E-state index contributed by atoms with van der Waals surface area (Å²) in [6.07, 6.45) is 1.08. The Morgan fingerprint density at radius 1 is 1.18 bits per heavy atom. The van der Waals surface area contributed by atoms with Crippen LogP contribution in [0, 0.1) is 11.9 Å². The quantitative estimate of drug-likeness (QED) is 0.868. The van der Waals surface area contributed by atoms with Crippen molar-refractivity contribution in [3.8, 4) is 11.3 Å². The van der Waals surface area contributed by atoms with Gasteiger partial charge in [0.2, 0.25) is 16.0 Å². The maximum Gasteiger partial charge on any atom is 0.239 e. The van der Waals surface area contributed by atoms with Gasteiger partial charge in [-0.25, -0.2) is 27.1 Å². The first-order valence-corrected chi connectivity index (χ1v) is 8.54. The minimum atomic E-state index is -3.47. The van der Waals surface area contributed by atoms with Crippen molar-refractivity contribution in [3.05, 3.63) is 41.8 Å². The average molecular weight is 322 g/mol. The Labute approximate surface area is 129 Å². The van der Waals surface area contributed by atoms with Crippen molar-refractivity contribution in [2.75, 3.05) is 17.6 Å². The third-order valence-corrected chi connectivity index (χ3v) is 4.28. The second-order valence-corrected chi connectivity index (χ2v) is 7.29. The van der Waals surface area contributed by atoms with E-state index >= 15 is 0 Å². The van der Waals surface area contributed by atoms with E-state index in [-0.39, 0.29) is 17.7 Å². The van der Waals surface area contributed by atoms with Crippen LogP contribution in [0.1, 0.15) is 25.5 Å². The third-order valence-electron chi connectivity index (χ3n) is 3.12. The van der Waals surface area contributed by atoms with Crippen LogP contribution in [-0.2, 0) is 10.0 Å². The standard InChI is InChI=1S/C15H17FN3O2S/c1-10(2)13-9-14(11-5-7-12(16)8-6-11)18-15(17-13)19(3)22(4,20)21/h5-8,10H,1-4H3. The van der Waals surface area contributed by atoms with Crippen LogP contribution in [-0.4, -0.2) is 31.7 Å². The molecule has 2 aromatic rings. The van der Waals surface area contributed by atoms with Crippen molar-refractivity contribution >= 4 is 16.0 Å². The Morgan fingerprint density at radius 3 is 2.27 bits per heavy atom. The van der Waals surface area contributed by atoms with Gasteiger partial charge in [-0.15, -0.1) is 0 Å². The number of hydrogen-bond acceptors (Lipinski definition) is 4. The molecule has 5 nitrogen and oxygen atoms in total. The maximum atomic E-state index is 13.0. The normalized spacial score (nSPS) is 11.7.